The van der Waals surface area contributed by atoms with Crippen molar-refractivity contribution in [3.05, 3.63) is 63.1 Å². The van der Waals surface area contributed by atoms with E-state index in [-0.39, 0.29) is 16.3 Å². The van der Waals surface area contributed by atoms with Crippen LogP contribution in [0.5, 0.6) is 0 Å². The molecule has 0 atom stereocenters. The molecule has 0 saturated carbocycles. The average Bonchev–Trinajstić information content (AvgIpc) is 2.37. The van der Waals surface area contributed by atoms with E-state index in [4.69, 9.17) is 11.6 Å². The highest BCUT2D eigenvalue weighted by Gasteiger charge is 2.15. The number of nitrogens with one attached hydrogen (secondary N) is 1. The molecule has 0 aromatic heterocycles. The van der Waals surface area contributed by atoms with Crippen molar-refractivity contribution < 1.29 is 13.6 Å². The van der Waals surface area contributed by atoms with Gasteiger partial charge in [-0.25, -0.2) is 8.78 Å². The van der Waals surface area contributed by atoms with Crippen LogP contribution in [0.15, 0.2) is 40.9 Å². The summed E-state index contributed by atoms with van der Waals surface area (Å²) in [5, 5.41) is 2.39. The summed E-state index contributed by atoms with van der Waals surface area (Å²) in [6.07, 6.45) is 0. The van der Waals surface area contributed by atoms with Gasteiger partial charge in [-0.3, -0.25) is 4.79 Å². The number of carbonyl (C=O) groups is 1. The standard InChI is InChI=1S/C13H7BrClF2NO/c14-9-5-4-7(16)6-8(9)13(19)18-12-10(15)2-1-3-11(12)17/h1-6H,(H,18,19). The van der Waals surface area contributed by atoms with Crippen molar-refractivity contribution in [1.82, 2.24) is 0 Å². The van der Waals surface area contributed by atoms with Crippen molar-refractivity contribution in [1.29, 1.82) is 0 Å². The molecule has 1 N–H and O–H groups in total. The molecule has 0 saturated heterocycles. The van der Waals surface area contributed by atoms with Crippen molar-refractivity contribution >= 4 is 39.1 Å². The zero-order valence-corrected chi connectivity index (χ0v) is 11.7. The first-order valence-electron chi connectivity index (χ1n) is 5.19. The number of halogens is 4. The molecule has 2 aromatic carbocycles. The molecule has 0 aliphatic heterocycles. The molecule has 2 rings (SSSR count). The number of para-hydroxylation sites is 1. The normalized spacial score (nSPS) is 10.3. The zero-order chi connectivity index (χ0) is 14.0. The van der Waals surface area contributed by atoms with Gasteiger partial charge in [-0.1, -0.05) is 17.7 Å². The lowest BCUT2D eigenvalue weighted by Gasteiger charge is -2.09. The van der Waals surface area contributed by atoms with Gasteiger partial charge in [-0.05, 0) is 46.3 Å². The van der Waals surface area contributed by atoms with Crippen molar-refractivity contribution in [2.75, 3.05) is 5.32 Å². The fourth-order valence-electron chi connectivity index (χ4n) is 1.47. The van der Waals surface area contributed by atoms with Crippen LogP contribution in [-0.4, -0.2) is 5.91 Å². The van der Waals surface area contributed by atoms with E-state index in [2.05, 4.69) is 21.2 Å². The van der Waals surface area contributed by atoms with Gasteiger partial charge in [0.05, 0.1) is 16.3 Å². The summed E-state index contributed by atoms with van der Waals surface area (Å²) < 4.78 is 27.0. The third-order valence-electron chi connectivity index (χ3n) is 2.37. The van der Waals surface area contributed by atoms with E-state index in [1.807, 2.05) is 0 Å². The summed E-state index contributed by atoms with van der Waals surface area (Å²) in [4.78, 5) is 12.0. The third kappa shape index (κ3) is 3.11. The first-order chi connectivity index (χ1) is 8.99. The Morgan fingerprint density at radius 1 is 1.21 bits per heavy atom. The summed E-state index contributed by atoms with van der Waals surface area (Å²) in [5.74, 6) is -1.88. The zero-order valence-electron chi connectivity index (χ0n) is 9.38. The Morgan fingerprint density at radius 3 is 2.63 bits per heavy atom. The summed E-state index contributed by atoms with van der Waals surface area (Å²) in [6, 6.07) is 7.69. The van der Waals surface area contributed by atoms with Gasteiger partial charge >= 0.3 is 0 Å². The minimum absolute atomic E-state index is 0.0549. The molecule has 98 valence electrons. The SMILES string of the molecule is O=C(Nc1c(F)cccc1Cl)c1cc(F)ccc1Br. The van der Waals surface area contributed by atoms with E-state index in [9.17, 15) is 13.6 Å². The molecule has 0 fully saturated rings. The van der Waals surface area contributed by atoms with Crippen LogP contribution < -0.4 is 5.32 Å². The molecule has 6 heteroatoms. The van der Waals surface area contributed by atoms with Crippen LogP contribution in [0.1, 0.15) is 10.4 Å². The Morgan fingerprint density at radius 2 is 1.95 bits per heavy atom. The Labute approximate surface area is 121 Å². The van der Waals surface area contributed by atoms with Gasteiger partial charge in [0.25, 0.3) is 5.91 Å². The molecule has 0 bridgehead atoms. The van der Waals surface area contributed by atoms with Crippen LogP contribution in [0, 0.1) is 11.6 Å². The highest BCUT2D eigenvalue weighted by Crippen LogP contribution is 2.26. The van der Waals surface area contributed by atoms with Crippen molar-refractivity contribution in [2.24, 2.45) is 0 Å². The summed E-state index contributed by atoms with van der Waals surface area (Å²) in [6.45, 7) is 0. The Kier molecular flexibility index (Phi) is 4.17. The van der Waals surface area contributed by atoms with Gasteiger partial charge < -0.3 is 5.32 Å². The number of anilines is 1. The predicted octanol–water partition coefficient (Wildman–Crippen LogP) is 4.63. The summed E-state index contributed by atoms with van der Waals surface area (Å²) >= 11 is 8.92. The molecular weight excluding hydrogens is 340 g/mol. The van der Waals surface area contributed by atoms with Gasteiger partial charge in [0, 0.05) is 4.47 Å². The third-order valence-corrected chi connectivity index (χ3v) is 3.38. The lowest BCUT2D eigenvalue weighted by atomic mass is 10.2. The minimum Gasteiger partial charge on any atom is -0.318 e. The number of rotatable bonds is 2. The van der Waals surface area contributed by atoms with E-state index in [1.54, 1.807) is 0 Å². The van der Waals surface area contributed by atoms with Crippen LogP contribution in [0.3, 0.4) is 0 Å². The Hall–Kier alpha value is -1.46. The first kappa shape index (κ1) is 14.0. The fourth-order valence-corrected chi connectivity index (χ4v) is 2.11. The molecule has 2 nitrogen and oxygen atoms in total. The largest absolute Gasteiger partial charge is 0.318 e. The lowest BCUT2D eigenvalue weighted by molar-refractivity contribution is 0.102. The lowest BCUT2D eigenvalue weighted by Crippen LogP contribution is -2.14. The van der Waals surface area contributed by atoms with E-state index in [0.717, 1.165) is 6.07 Å². The highest BCUT2D eigenvalue weighted by molar-refractivity contribution is 9.10. The molecule has 2 aromatic rings. The maximum Gasteiger partial charge on any atom is 0.257 e. The monoisotopic (exact) mass is 345 g/mol. The quantitative estimate of drug-likeness (QED) is 0.844. The van der Waals surface area contributed by atoms with Gasteiger partial charge in [-0.15, -0.1) is 0 Å². The maximum atomic E-state index is 13.5. The second-order valence-electron chi connectivity index (χ2n) is 3.67. The molecule has 0 aliphatic carbocycles. The Bertz CT molecular complexity index is 628. The molecule has 0 aliphatic rings. The molecule has 0 spiro atoms. The fraction of sp³-hybridized carbons (Fsp3) is 0. The van der Waals surface area contributed by atoms with Crippen molar-refractivity contribution in [2.45, 2.75) is 0 Å². The molecule has 0 radical (unpaired) electrons. The first-order valence-corrected chi connectivity index (χ1v) is 6.36. The van der Waals surface area contributed by atoms with Gasteiger partial charge in [-0.2, -0.15) is 0 Å². The second-order valence-corrected chi connectivity index (χ2v) is 4.94. The number of hydrogen-bond acceptors (Lipinski definition) is 1. The van der Waals surface area contributed by atoms with Gasteiger partial charge in [0.15, 0.2) is 0 Å². The second kappa shape index (κ2) is 5.67. The molecular formula is C13H7BrClF2NO. The van der Waals surface area contributed by atoms with Crippen LogP contribution >= 0.6 is 27.5 Å². The molecule has 0 heterocycles. The Balaban J connectivity index is 2.34. The summed E-state index contributed by atoms with van der Waals surface area (Å²) in [5.41, 5.74) is -0.0790. The number of hydrogen-bond donors (Lipinski definition) is 1. The van der Waals surface area contributed by atoms with Crippen LogP contribution in [-0.2, 0) is 0 Å². The highest BCUT2D eigenvalue weighted by atomic mass is 79.9. The van der Waals surface area contributed by atoms with E-state index in [0.29, 0.717) is 4.47 Å². The van der Waals surface area contributed by atoms with Gasteiger partial charge in [0.1, 0.15) is 11.6 Å². The summed E-state index contributed by atoms with van der Waals surface area (Å²) in [7, 11) is 0. The number of amides is 1. The van der Waals surface area contributed by atoms with E-state index >= 15 is 0 Å². The van der Waals surface area contributed by atoms with Crippen molar-refractivity contribution in [3.8, 4) is 0 Å². The van der Waals surface area contributed by atoms with Crippen LogP contribution in [0.2, 0.25) is 5.02 Å². The van der Waals surface area contributed by atoms with Crippen molar-refractivity contribution in [3.63, 3.8) is 0 Å². The van der Waals surface area contributed by atoms with Gasteiger partial charge in [0.2, 0.25) is 0 Å². The number of benzene rings is 2. The molecule has 0 unspecified atom stereocenters. The average molecular weight is 347 g/mol. The van der Waals surface area contributed by atoms with E-state index in [1.165, 1.54) is 30.3 Å². The molecule has 1 amide bonds. The molecule has 19 heavy (non-hydrogen) atoms. The number of carbonyl (C=O) groups excluding carboxylic acids is 1. The topological polar surface area (TPSA) is 29.1 Å². The van der Waals surface area contributed by atoms with Crippen LogP contribution in [0.4, 0.5) is 14.5 Å². The van der Waals surface area contributed by atoms with E-state index < -0.39 is 17.5 Å². The minimum atomic E-state index is -0.659. The van der Waals surface area contributed by atoms with Crippen LogP contribution in [0.25, 0.3) is 0 Å². The smallest absolute Gasteiger partial charge is 0.257 e. The maximum absolute atomic E-state index is 13.5. The predicted molar refractivity (Wildman–Crippen MR) is 73.5 cm³/mol.